The van der Waals surface area contributed by atoms with E-state index < -0.39 is 0 Å². The summed E-state index contributed by atoms with van der Waals surface area (Å²) >= 11 is 0. The molecule has 0 saturated carbocycles. The molecule has 0 aliphatic rings. The summed E-state index contributed by atoms with van der Waals surface area (Å²) in [5, 5.41) is 0. The van der Waals surface area contributed by atoms with E-state index in [0.717, 1.165) is 5.69 Å². The van der Waals surface area contributed by atoms with Gasteiger partial charge >= 0.3 is 0 Å². The first-order valence-electron chi connectivity index (χ1n) is 5.02. The molecule has 0 aliphatic carbocycles. The van der Waals surface area contributed by atoms with Gasteiger partial charge in [-0.15, -0.1) is 0 Å². The van der Waals surface area contributed by atoms with Crippen LogP contribution in [0.1, 0.15) is 26.5 Å². The molecule has 84 valence electrons. The summed E-state index contributed by atoms with van der Waals surface area (Å²) in [4.78, 5) is 8.18. The first-order valence-corrected chi connectivity index (χ1v) is 5.02. The number of rotatable bonds is 4. The maximum atomic E-state index is 5.65. The Morgan fingerprint density at radius 2 is 2.00 bits per heavy atom. The van der Waals surface area contributed by atoms with Crippen LogP contribution in [0.4, 0.5) is 5.95 Å². The molecule has 0 saturated heterocycles. The van der Waals surface area contributed by atoms with Crippen molar-refractivity contribution >= 4 is 5.95 Å². The van der Waals surface area contributed by atoms with Crippen LogP contribution in [0.3, 0.4) is 0 Å². The third-order valence-corrected chi connectivity index (χ3v) is 2.21. The Balaban J connectivity index is 2.80. The number of nitrogen functional groups attached to an aromatic ring is 1. The standard InChI is InChI=1S/C10H18N4O/c1-6(2)8(4)15-9-5-7(3)12-10(13-9)14-11/h5-6,8H,11H2,1-4H3,(H,12,13,14). The van der Waals surface area contributed by atoms with Crippen molar-refractivity contribution in [1.29, 1.82) is 0 Å². The Bertz CT molecular complexity index is 327. The Hall–Kier alpha value is -1.36. The first-order chi connectivity index (χ1) is 7.02. The molecule has 0 bridgehead atoms. The number of nitrogens with one attached hydrogen (secondary N) is 1. The summed E-state index contributed by atoms with van der Waals surface area (Å²) < 4.78 is 5.65. The lowest BCUT2D eigenvalue weighted by molar-refractivity contribution is 0.163. The third-order valence-electron chi connectivity index (χ3n) is 2.21. The van der Waals surface area contributed by atoms with Crippen molar-refractivity contribution in [3.05, 3.63) is 11.8 Å². The number of anilines is 1. The summed E-state index contributed by atoms with van der Waals surface area (Å²) in [6.45, 7) is 8.08. The molecule has 15 heavy (non-hydrogen) atoms. The Labute approximate surface area is 90.0 Å². The van der Waals surface area contributed by atoms with E-state index in [1.54, 1.807) is 6.07 Å². The van der Waals surface area contributed by atoms with Crippen molar-refractivity contribution in [2.24, 2.45) is 11.8 Å². The van der Waals surface area contributed by atoms with E-state index in [1.165, 1.54) is 0 Å². The van der Waals surface area contributed by atoms with Gasteiger partial charge in [-0.3, -0.25) is 5.43 Å². The number of hydrogen-bond donors (Lipinski definition) is 2. The first kappa shape index (κ1) is 11.7. The fraction of sp³-hybridized carbons (Fsp3) is 0.600. The van der Waals surface area contributed by atoms with Crippen LogP contribution in [-0.2, 0) is 0 Å². The lowest BCUT2D eigenvalue weighted by Gasteiger charge is -2.17. The Morgan fingerprint density at radius 3 is 2.53 bits per heavy atom. The highest BCUT2D eigenvalue weighted by atomic mass is 16.5. The highest BCUT2D eigenvalue weighted by Crippen LogP contribution is 2.15. The Kier molecular flexibility index (Phi) is 3.85. The second-order valence-electron chi connectivity index (χ2n) is 3.88. The van der Waals surface area contributed by atoms with Gasteiger partial charge in [0.05, 0.1) is 6.10 Å². The minimum Gasteiger partial charge on any atom is -0.474 e. The molecule has 0 spiro atoms. The molecule has 1 rings (SSSR count). The fourth-order valence-corrected chi connectivity index (χ4v) is 0.991. The van der Waals surface area contributed by atoms with Crippen LogP contribution in [-0.4, -0.2) is 16.1 Å². The van der Waals surface area contributed by atoms with Gasteiger partial charge in [-0.1, -0.05) is 13.8 Å². The minimum atomic E-state index is 0.116. The van der Waals surface area contributed by atoms with E-state index in [-0.39, 0.29) is 6.10 Å². The van der Waals surface area contributed by atoms with Crippen LogP contribution in [0.5, 0.6) is 5.88 Å². The van der Waals surface area contributed by atoms with Crippen LogP contribution in [0.25, 0.3) is 0 Å². The van der Waals surface area contributed by atoms with Gasteiger partial charge in [-0.25, -0.2) is 10.8 Å². The highest BCUT2D eigenvalue weighted by Gasteiger charge is 2.10. The smallest absolute Gasteiger partial charge is 0.240 e. The number of hydrogen-bond acceptors (Lipinski definition) is 5. The molecule has 0 fully saturated rings. The van der Waals surface area contributed by atoms with E-state index in [9.17, 15) is 0 Å². The minimum absolute atomic E-state index is 0.116. The molecule has 5 nitrogen and oxygen atoms in total. The van der Waals surface area contributed by atoms with Crippen molar-refractivity contribution in [1.82, 2.24) is 9.97 Å². The van der Waals surface area contributed by atoms with Crippen LogP contribution in [0.2, 0.25) is 0 Å². The lowest BCUT2D eigenvalue weighted by atomic mass is 10.1. The number of aromatic nitrogens is 2. The number of aryl methyl sites for hydroxylation is 1. The van der Waals surface area contributed by atoms with Gasteiger partial charge in [0.1, 0.15) is 0 Å². The zero-order chi connectivity index (χ0) is 11.4. The Morgan fingerprint density at radius 1 is 1.33 bits per heavy atom. The summed E-state index contributed by atoms with van der Waals surface area (Å²) in [5.74, 6) is 6.62. The average molecular weight is 210 g/mol. The van der Waals surface area contributed by atoms with Gasteiger partial charge in [0.25, 0.3) is 0 Å². The van der Waals surface area contributed by atoms with Crippen molar-refractivity contribution < 1.29 is 4.74 Å². The molecule has 0 aliphatic heterocycles. The van der Waals surface area contributed by atoms with E-state index in [4.69, 9.17) is 10.6 Å². The van der Waals surface area contributed by atoms with E-state index in [1.807, 2.05) is 13.8 Å². The second-order valence-corrected chi connectivity index (χ2v) is 3.88. The van der Waals surface area contributed by atoms with E-state index >= 15 is 0 Å². The number of ether oxygens (including phenoxy) is 1. The van der Waals surface area contributed by atoms with Crippen molar-refractivity contribution in [2.75, 3.05) is 5.43 Å². The molecule has 0 aromatic carbocycles. The molecular weight excluding hydrogens is 192 g/mol. The average Bonchev–Trinajstić information content (AvgIpc) is 2.16. The molecule has 0 amide bonds. The fourth-order valence-electron chi connectivity index (χ4n) is 0.991. The number of nitrogens with zero attached hydrogens (tertiary/aromatic N) is 2. The monoisotopic (exact) mass is 210 g/mol. The van der Waals surface area contributed by atoms with Crippen LogP contribution in [0.15, 0.2) is 6.07 Å². The predicted molar refractivity (Wildman–Crippen MR) is 59.5 cm³/mol. The second kappa shape index (κ2) is 4.93. The van der Waals surface area contributed by atoms with Gasteiger partial charge < -0.3 is 4.74 Å². The molecule has 1 unspecified atom stereocenters. The van der Waals surface area contributed by atoms with Crippen LogP contribution >= 0.6 is 0 Å². The zero-order valence-corrected chi connectivity index (χ0v) is 9.61. The molecule has 1 atom stereocenters. The van der Waals surface area contributed by atoms with Gasteiger partial charge in [0.2, 0.25) is 11.8 Å². The molecular formula is C10H18N4O. The molecule has 5 heteroatoms. The number of nitrogens with two attached hydrogens (primary N) is 1. The van der Waals surface area contributed by atoms with E-state index in [0.29, 0.717) is 17.7 Å². The van der Waals surface area contributed by atoms with Gasteiger partial charge in [0, 0.05) is 11.8 Å². The highest BCUT2D eigenvalue weighted by molar-refractivity contribution is 5.29. The van der Waals surface area contributed by atoms with Crippen molar-refractivity contribution in [2.45, 2.75) is 33.8 Å². The largest absolute Gasteiger partial charge is 0.474 e. The molecule has 1 aromatic rings. The molecule has 3 N–H and O–H groups in total. The van der Waals surface area contributed by atoms with Gasteiger partial charge in [-0.05, 0) is 19.8 Å². The SMILES string of the molecule is Cc1cc(OC(C)C(C)C)nc(NN)n1. The van der Waals surface area contributed by atoms with Gasteiger partial charge in [0.15, 0.2) is 0 Å². The third kappa shape index (κ3) is 3.36. The summed E-state index contributed by atoms with van der Waals surface area (Å²) in [5.41, 5.74) is 3.23. The molecule has 1 heterocycles. The van der Waals surface area contributed by atoms with Crippen LogP contribution < -0.4 is 16.0 Å². The molecule has 1 aromatic heterocycles. The predicted octanol–water partition coefficient (Wildman–Crippen LogP) is 1.49. The maximum absolute atomic E-state index is 5.65. The lowest BCUT2D eigenvalue weighted by Crippen LogP contribution is -2.20. The maximum Gasteiger partial charge on any atom is 0.240 e. The topological polar surface area (TPSA) is 73.1 Å². The normalized spacial score (nSPS) is 12.7. The summed E-state index contributed by atoms with van der Waals surface area (Å²) in [7, 11) is 0. The summed E-state index contributed by atoms with van der Waals surface area (Å²) in [6.07, 6.45) is 0.116. The summed E-state index contributed by atoms with van der Waals surface area (Å²) in [6, 6.07) is 1.79. The van der Waals surface area contributed by atoms with Gasteiger partial charge in [-0.2, -0.15) is 4.98 Å². The van der Waals surface area contributed by atoms with Crippen LogP contribution in [0, 0.1) is 12.8 Å². The number of hydrazine groups is 1. The molecule has 0 radical (unpaired) electrons. The zero-order valence-electron chi connectivity index (χ0n) is 9.61. The van der Waals surface area contributed by atoms with Crippen molar-refractivity contribution in [3.63, 3.8) is 0 Å². The van der Waals surface area contributed by atoms with Crippen molar-refractivity contribution in [3.8, 4) is 5.88 Å². The quantitative estimate of drug-likeness (QED) is 0.582. The van der Waals surface area contributed by atoms with E-state index in [2.05, 4.69) is 29.2 Å².